The lowest BCUT2D eigenvalue weighted by molar-refractivity contribution is -0.144. The predicted molar refractivity (Wildman–Crippen MR) is 522 cm³/mol. The molecule has 2 aromatic rings. The Hall–Kier alpha value is -12.4. The Morgan fingerprint density at radius 2 is 0.783 bits per heavy atom. The quantitative estimate of drug-likeness (QED) is 0.0216. The number of hydrogen-bond donors (Lipinski definition) is 30. The number of unbranched alkanes of at least 4 members (excludes halogenated alkanes) is 3. The summed E-state index contributed by atoms with van der Waals surface area (Å²) >= 11 is 4.24. The number of rotatable bonds is 66. The minimum Gasteiger partial charge on any atom is -0.508 e. The molecule has 0 bridgehead atoms. The van der Waals surface area contributed by atoms with Gasteiger partial charge in [0.15, 0.2) is 0 Å². The topological polar surface area (TPSA) is 807 Å². The molecule has 0 aliphatic carbocycles. The van der Waals surface area contributed by atoms with E-state index in [1.54, 1.807) is 71.9 Å². The summed E-state index contributed by atoms with van der Waals surface area (Å²) in [5.41, 5.74) is 24.1. The highest BCUT2D eigenvalue weighted by Gasteiger charge is 2.43. The number of amides is 19. The zero-order valence-corrected chi connectivity index (χ0v) is 83.8. The molecular weight excluding hydrogens is 1890 g/mol. The van der Waals surface area contributed by atoms with Crippen molar-refractivity contribution in [1.29, 1.82) is 0 Å². The van der Waals surface area contributed by atoms with Crippen molar-refractivity contribution in [2.75, 3.05) is 71.4 Å². The number of aliphatic hydroxyl groups is 5. The fraction of sp³-hybridized carbons (Fsp3) is 0.652. The van der Waals surface area contributed by atoms with Gasteiger partial charge in [-0.1, -0.05) is 104 Å². The van der Waals surface area contributed by atoms with Crippen molar-refractivity contribution in [3.8, 4) is 5.75 Å². The second kappa shape index (κ2) is 65.0. The molecule has 802 valence electrons. The second-order valence-corrected chi connectivity index (χ2v) is 36.6. The van der Waals surface area contributed by atoms with E-state index in [-0.39, 0.29) is 101 Å². The largest absolute Gasteiger partial charge is 0.508 e. The van der Waals surface area contributed by atoms with Gasteiger partial charge in [-0.3, -0.25) is 91.1 Å². The molecule has 1 heterocycles. The van der Waals surface area contributed by atoms with Crippen molar-refractivity contribution in [3.63, 3.8) is 0 Å². The van der Waals surface area contributed by atoms with Crippen LogP contribution in [0.1, 0.15) is 171 Å². The zero-order valence-electron chi connectivity index (χ0n) is 82.9. The Morgan fingerprint density at radius 3 is 1.28 bits per heavy atom. The van der Waals surface area contributed by atoms with Crippen molar-refractivity contribution in [1.82, 2.24) is 101 Å². The monoisotopic (exact) mass is 2040 g/mol. The van der Waals surface area contributed by atoms with Gasteiger partial charge < -0.3 is 159 Å². The fourth-order valence-electron chi connectivity index (χ4n) is 14.6. The molecular formula is C92H151N23O27S. The summed E-state index contributed by atoms with van der Waals surface area (Å²) in [7, 11) is 0. The van der Waals surface area contributed by atoms with Gasteiger partial charge in [0.2, 0.25) is 112 Å². The third-order valence-corrected chi connectivity index (χ3v) is 23.8. The molecule has 19 amide bonds. The molecule has 0 spiro atoms. The second-order valence-electron chi connectivity index (χ2n) is 36.3. The van der Waals surface area contributed by atoms with Crippen LogP contribution < -0.4 is 119 Å². The maximum atomic E-state index is 14.5. The summed E-state index contributed by atoms with van der Waals surface area (Å²) in [6, 6.07) is -13.3. The van der Waals surface area contributed by atoms with Crippen molar-refractivity contribution in [2.24, 2.45) is 46.6 Å². The van der Waals surface area contributed by atoms with Crippen molar-refractivity contribution in [3.05, 3.63) is 65.7 Å². The lowest BCUT2D eigenvalue weighted by atomic mass is 9.96. The SMILES string of the molecule is CC[C@H](C)[C@H](NC(=O)[C@H](Cc1ccc(O)cc1)NC(=O)CNC(=O)[C@H](CO)NC(=O)[C@H](C)NC(=O)[C@H](CCCCN)NC(=O)[C@H](CS)NC(=O)[C@H](CO)NC(=O)[C@H](CC(C)C)NC(=O)[C@H](CCCCN)NC(=O)[C@@H](NC(=O)[C@H](CO)NC(=O)[C@H](C)NC(=O)CNC(=O)[C@@H]1CCCN1C(=O)[C@H](CCCCN)NC(=O)[C@@H](N)C(C)C)C(C)C)C(=O)N[C@@H](Cc1ccccc1)C(=O)N[C@H](C(=O)N[C@@H](CO)C(=O)O)[C@@H](C)O. The van der Waals surface area contributed by atoms with Crippen LogP contribution in [0.5, 0.6) is 5.75 Å². The summed E-state index contributed by atoms with van der Waals surface area (Å²) in [5.74, 6) is -22.5. The average Bonchev–Trinajstić information content (AvgIpc) is 1.74. The van der Waals surface area contributed by atoms with Crippen LogP contribution in [0, 0.1) is 23.7 Å². The molecule has 20 atom stereocenters. The number of phenols is 1. The lowest BCUT2D eigenvalue weighted by Gasteiger charge is -2.29. The molecule has 0 unspecified atom stereocenters. The van der Waals surface area contributed by atoms with Crippen molar-refractivity contribution >= 4 is 131 Å². The Bertz CT molecular complexity index is 4530. The highest BCUT2D eigenvalue weighted by atomic mass is 32.1. The molecule has 3 rings (SSSR count). The van der Waals surface area contributed by atoms with Gasteiger partial charge in [0.05, 0.1) is 51.7 Å². The van der Waals surface area contributed by atoms with E-state index in [1.165, 1.54) is 56.9 Å². The zero-order chi connectivity index (χ0) is 108. The van der Waals surface area contributed by atoms with E-state index < -0.39 is 290 Å². The number of carboxylic acids is 1. The van der Waals surface area contributed by atoms with E-state index in [1.807, 2.05) is 5.32 Å². The van der Waals surface area contributed by atoms with E-state index in [2.05, 4.69) is 103 Å². The van der Waals surface area contributed by atoms with Crippen LogP contribution >= 0.6 is 12.6 Å². The Balaban J connectivity index is 1.73. The number of carbonyl (C=O) groups is 20. The molecule has 0 radical (unpaired) electrons. The maximum Gasteiger partial charge on any atom is 0.328 e. The highest BCUT2D eigenvalue weighted by molar-refractivity contribution is 7.80. The first-order chi connectivity index (χ1) is 67.6. The van der Waals surface area contributed by atoms with Gasteiger partial charge in [0.1, 0.15) is 108 Å². The number of nitrogens with zero attached hydrogens (tertiary/aromatic N) is 1. The third kappa shape index (κ3) is 43.4. The summed E-state index contributed by atoms with van der Waals surface area (Å²) in [6.45, 7) is 11.8. The van der Waals surface area contributed by atoms with Crippen molar-refractivity contribution < 1.29 is 132 Å². The van der Waals surface area contributed by atoms with Crippen LogP contribution in [0.3, 0.4) is 0 Å². The smallest absolute Gasteiger partial charge is 0.328 e. The van der Waals surface area contributed by atoms with Crippen LogP contribution in [-0.2, 0) is 109 Å². The van der Waals surface area contributed by atoms with E-state index in [0.29, 0.717) is 49.8 Å². The van der Waals surface area contributed by atoms with Gasteiger partial charge in [0.25, 0.3) is 0 Å². The summed E-state index contributed by atoms with van der Waals surface area (Å²) < 4.78 is 0. The number of aliphatic carboxylic acids is 1. The number of aliphatic hydroxyl groups excluding tert-OH is 5. The number of aromatic hydroxyl groups is 1. The summed E-state index contributed by atoms with van der Waals surface area (Å²) in [4.78, 5) is 276. The summed E-state index contributed by atoms with van der Waals surface area (Å²) in [6.07, 6.45) is 0.780. The van der Waals surface area contributed by atoms with Gasteiger partial charge in [-0.05, 0) is 164 Å². The van der Waals surface area contributed by atoms with Crippen LogP contribution in [0.2, 0.25) is 0 Å². The molecule has 1 aliphatic rings. The van der Waals surface area contributed by atoms with E-state index in [9.17, 15) is 132 Å². The molecule has 0 saturated carbocycles. The number of benzene rings is 2. The first-order valence-corrected chi connectivity index (χ1v) is 48.6. The first kappa shape index (κ1) is 125. The lowest BCUT2D eigenvalue weighted by Crippen LogP contribution is -2.62. The van der Waals surface area contributed by atoms with Crippen LogP contribution in [0.25, 0.3) is 0 Å². The Labute approximate surface area is 836 Å². The van der Waals surface area contributed by atoms with Crippen LogP contribution in [0.4, 0.5) is 0 Å². The third-order valence-electron chi connectivity index (χ3n) is 23.4. The molecule has 50 nitrogen and oxygen atoms in total. The molecule has 33 N–H and O–H groups in total. The predicted octanol–water partition coefficient (Wildman–Crippen LogP) is -9.32. The number of nitrogens with one attached hydrogen (secondary N) is 18. The van der Waals surface area contributed by atoms with Crippen LogP contribution in [0.15, 0.2) is 54.6 Å². The average molecular weight is 2040 g/mol. The molecule has 0 aromatic heterocycles. The van der Waals surface area contributed by atoms with E-state index in [0.717, 1.165) is 6.92 Å². The van der Waals surface area contributed by atoms with Gasteiger partial charge in [0, 0.05) is 25.1 Å². The van der Waals surface area contributed by atoms with E-state index in [4.69, 9.17) is 22.9 Å². The van der Waals surface area contributed by atoms with E-state index >= 15 is 0 Å². The number of thiol groups is 1. The first-order valence-electron chi connectivity index (χ1n) is 47.9. The van der Waals surface area contributed by atoms with Crippen LogP contribution in [-0.4, -0.2) is 345 Å². The normalized spacial score (nSPS) is 16.3. The number of nitrogens with two attached hydrogens (primary N) is 4. The van der Waals surface area contributed by atoms with Gasteiger partial charge >= 0.3 is 5.97 Å². The Kier molecular flexibility index (Phi) is 56.7. The molecule has 1 aliphatic heterocycles. The maximum absolute atomic E-state index is 14.5. The van der Waals surface area contributed by atoms with Gasteiger partial charge in [-0.15, -0.1) is 0 Å². The number of likely N-dealkylation sites (tertiary alicyclic amines) is 1. The standard InChI is InChI=1S/C92H151N23O27S/c1-12-50(8)73(89(138)106-62(38-54-23-14-13-15-24-54)82(131)114-74(53(11)120)90(139)110-66(45-119)92(141)142)113-81(130)61(39-55-29-31-56(121)32-30-55)101-70(123)41-97-77(126)63(42-116)107-76(125)52(10)100-78(127)57(25-16-19-33-93)102-85(134)67(46-143)111-83(132)64(43-117)109-80(129)60(37-47(2)3)105-79(128)58(26-17-20-34-94)103-88(137)72(49(6)7)112-84(133)65(44-118)108-75(124)51(9)99-69(122)40-98-86(135)68-28-22-36-115(68)91(140)59(27-18-21-35-95)104-87(136)71(96)48(4)5/h13-15,23-24,29-32,47-53,57-68,71-74,116-121,143H,12,16-22,25-28,33-46,93-96H2,1-11H3,(H,97,126)(H,98,135)(H,99,122)(H,100,127)(H,101,123)(H,102,134)(H,103,137)(H,104,136)(H,105,128)(H,106,138)(H,107,125)(H,108,124)(H,109,129)(H,110,139)(H,111,132)(H,112,133)(H,113,130)(H,114,131)(H,141,142)/t50-,51-,52-,53+,57-,58-,59-,60-,61-,62-,63-,64-,65-,66-,67-,68-,71-,72-,73-,74-/m0/s1. The number of hydrogen-bond acceptors (Lipinski definition) is 31. The Morgan fingerprint density at radius 1 is 0.399 bits per heavy atom. The molecule has 51 heteroatoms. The fourth-order valence-corrected chi connectivity index (χ4v) is 14.8. The molecule has 1 fully saturated rings. The summed E-state index contributed by atoms with van der Waals surface area (Å²) in [5, 5.41) is 115. The van der Waals surface area contributed by atoms with Gasteiger partial charge in [-0.2, -0.15) is 12.6 Å². The molecule has 143 heavy (non-hydrogen) atoms. The number of phenolic OH excluding ortho intramolecular Hbond substituents is 1. The molecule has 2 aromatic carbocycles. The van der Waals surface area contributed by atoms with Gasteiger partial charge in [-0.25, -0.2) is 4.79 Å². The minimum atomic E-state index is -1.84. The number of carboxylic acid groups (broad SMARTS) is 1. The highest BCUT2D eigenvalue weighted by Crippen LogP contribution is 2.22. The number of carbonyl (C=O) groups excluding carboxylic acids is 19. The van der Waals surface area contributed by atoms with Crippen molar-refractivity contribution in [2.45, 2.75) is 287 Å². The minimum absolute atomic E-state index is 0.0858. The molecule has 1 saturated heterocycles.